The Morgan fingerprint density at radius 1 is 1.05 bits per heavy atom. The summed E-state index contributed by atoms with van der Waals surface area (Å²) in [5.41, 5.74) is 1.93. The highest BCUT2D eigenvalue weighted by Crippen LogP contribution is 2.29. The quantitative estimate of drug-likeness (QED) is 0.803. The number of aliphatic hydroxyl groups excluding tert-OH is 1. The summed E-state index contributed by atoms with van der Waals surface area (Å²) in [4.78, 5) is 2.10. The van der Waals surface area contributed by atoms with Crippen LogP contribution in [0.1, 0.15) is 11.1 Å². The number of rotatable bonds is 5. The minimum atomic E-state index is -0.0258. The third kappa shape index (κ3) is 3.94. The summed E-state index contributed by atoms with van der Waals surface area (Å²) < 4.78 is 7.08. The number of para-hydroxylation sites is 1. The van der Waals surface area contributed by atoms with Crippen LogP contribution in [0.3, 0.4) is 0 Å². The van der Waals surface area contributed by atoms with Crippen molar-refractivity contribution in [2.45, 2.75) is 13.2 Å². The van der Waals surface area contributed by atoms with Crippen molar-refractivity contribution in [3.8, 4) is 11.5 Å². The Bertz CT molecular complexity index is 584. The maximum atomic E-state index is 9.44. The Hall–Kier alpha value is -1.11. The van der Waals surface area contributed by atoms with E-state index in [1.54, 1.807) is 0 Å². The van der Waals surface area contributed by atoms with Crippen LogP contribution in [0.2, 0.25) is 0 Å². The van der Waals surface area contributed by atoms with Crippen LogP contribution < -0.4 is 4.74 Å². The van der Waals surface area contributed by atoms with Crippen LogP contribution >= 0.6 is 22.6 Å². The molecule has 0 aromatic heterocycles. The Labute approximate surface area is 133 Å². The van der Waals surface area contributed by atoms with E-state index < -0.39 is 0 Å². The maximum Gasteiger partial charge on any atom is 0.133 e. The fraction of sp³-hybridized carbons (Fsp3) is 0.250. The summed E-state index contributed by atoms with van der Waals surface area (Å²) in [6.07, 6.45) is 0. The molecule has 0 atom stereocenters. The van der Waals surface area contributed by atoms with E-state index in [4.69, 9.17) is 4.74 Å². The molecule has 3 nitrogen and oxygen atoms in total. The molecule has 0 aliphatic carbocycles. The first kappa shape index (κ1) is 15.3. The van der Waals surface area contributed by atoms with E-state index in [0.29, 0.717) is 5.75 Å². The van der Waals surface area contributed by atoms with Crippen LogP contribution in [-0.2, 0) is 13.2 Å². The van der Waals surface area contributed by atoms with Crippen LogP contribution in [0.15, 0.2) is 42.5 Å². The molecule has 0 saturated heterocycles. The Kier molecular flexibility index (Phi) is 5.39. The first-order valence-electron chi connectivity index (χ1n) is 6.40. The summed E-state index contributed by atoms with van der Waals surface area (Å²) in [6.45, 7) is 0.789. The largest absolute Gasteiger partial charge is 0.457 e. The van der Waals surface area contributed by atoms with E-state index in [9.17, 15) is 5.11 Å². The Balaban J connectivity index is 2.30. The van der Waals surface area contributed by atoms with Crippen LogP contribution in [0.25, 0.3) is 0 Å². The minimum absolute atomic E-state index is 0.0258. The molecule has 2 aromatic rings. The van der Waals surface area contributed by atoms with Gasteiger partial charge in [-0.05, 0) is 61.0 Å². The number of ether oxygens (including phenoxy) is 1. The smallest absolute Gasteiger partial charge is 0.133 e. The van der Waals surface area contributed by atoms with Crippen LogP contribution in [0.5, 0.6) is 11.5 Å². The van der Waals surface area contributed by atoms with Crippen molar-refractivity contribution in [2.75, 3.05) is 14.1 Å². The second-order valence-electron chi connectivity index (χ2n) is 4.86. The van der Waals surface area contributed by atoms with Crippen molar-refractivity contribution in [2.24, 2.45) is 0 Å². The van der Waals surface area contributed by atoms with Crippen LogP contribution in [-0.4, -0.2) is 24.1 Å². The third-order valence-corrected chi connectivity index (χ3v) is 3.54. The highest BCUT2D eigenvalue weighted by Gasteiger charge is 2.09. The summed E-state index contributed by atoms with van der Waals surface area (Å²) in [7, 11) is 4.06. The van der Waals surface area contributed by atoms with Crippen LogP contribution in [0, 0.1) is 3.57 Å². The topological polar surface area (TPSA) is 32.7 Å². The number of aliphatic hydroxyl groups is 1. The molecule has 0 heterocycles. The van der Waals surface area contributed by atoms with Gasteiger partial charge < -0.3 is 14.7 Å². The van der Waals surface area contributed by atoms with Crippen molar-refractivity contribution in [1.82, 2.24) is 4.90 Å². The van der Waals surface area contributed by atoms with Gasteiger partial charge in [0.2, 0.25) is 0 Å². The molecule has 0 spiro atoms. The van der Waals surface area contributed by atoms with E-state index in [0.717, 1.165) is 27.0 Å². The Morgan fingerprint density at radius 2 is 1.75 bits per heavy atom. The molecular weight excluding hydrogens is 363 g/mol. The molecule has 0 aliphatic heterocycles. The Morgan fingerprint density at radius 3 is 2.45 bits per heavy atom. The molecule has 0 unspecified atom stereocenters. The molecule has 0 bridgehead atoms. The average molecular weight is 381 g/mol. The molecule has 0 fully saturated rings. The summed E-state index contributed by atoms with van der Waals surface area (Å²) in [6, 6.07) is 13.8. The van der Waals surface area contributed by atoms with E-state index in [2.05, 4.69) is 33.6 Å². The molecule has 0 saturated carbocycles. The molecule has 2 rings (SSSR count). The maximum absolute atomic E-state index is 9.44. The molecule has 0 amide bonds. The van der Waals surface area contributed by atoms with Crippen LogP contribution in [0.4, 0.5) is 0 Å². The lowest BCUT2D eigenvalue weighted by atomic mass is 10.2. The minimum Gasteiger partial charge on any atom is -0.457 e. The number of hydrogen-bond acceptors (Lipinski definition) is 3. The highest BCUT2D eigenvalue weighted by atomic mass is 125. The molecule has 2 aromatic carbocycles. The van der Waals surface area contributed by atoms with E-state index >= 15 is 0 Å². The second kappa shape index (κ2) is 7.06. The van der Waals surface area contributed by atoms with Gasteiger partial charge in [-0.25, -0.2) is 0 Å². The lowest BCUT2D eigenvalue weighted by molar-refractivity contribution is 0.276. The van der Waals surface area contributed by atoms with E-state index in [1.807, 2.05) is 50.5 Å². The molecule has 0 aliphatic rings. The molecule has 20 heavy (non-hydrogen) atoms. The molecule has 1 N–H and O–H groups in total. The van der Waals surface area contributed by atoms with Gasteiger partial charge in [-0.3, -0.25) is 0 Å². The first-order chi connectivity index (χ1) is 9.60. The van der Waals surface area contributed by atoms with E-state index in [-0.39, 0.29) is 6.61 Å². The second-order valence-corrected chi connectivity index (χ2v) is 6.10. The lowest BCUT2D eigenvalue weighted by Gasteiger charge is -2.16. The zero-order valence-electron chi connectivity index (χ0n) is 11.6. The zero-order chi connectivity index (χ0) is 14.5. The summed E-state index contributed by atoms with van der Waals surface area (Å²) in [5, 5.41) is 9.44. The van der Waals surface area contributed by atoms with Crippen molar-refractivity contribution in [1.29, 1.82) is 0 Å². The van der Waals surface area contributed by atoms with Crippen molar-refractivity contribution >= 4 is 22.6 Å². The van der Waals surface area contributed by atoms with Gasteiger partial charge in [0, 0.05) is 21.2 Å². The third-order valence-electron chi connectivity index (χ3n) is 2.87. The van der Waals surface area contributed by atoms with E-state index in [1.165, 1.54) is 0 Å². The van der Waals surface area contributed by atoms with Gasteiger partial charge in [-0.1, -0.05) is 18.2 Å². The number of hydrogen-bond donors (Lipinski definition) is 1. The predicted molar refractivity (Wildman–Crippen MR) is 89.0 cm³/mol. The number of benzene rings is 2. The normalized spacial score (nSPS) is 10.8. The van der Waals surface area contributed by atoms with Crippen molar-refractivity contribution in [3.63, 3.8) is 0 Å². The monoisotopic (exact) mass is 381 g/mol. The van der Waals surface area contributed by atoms with Crippen molar-refractivity contribution < 1.29 is 9.84 Å². The van der Waals surface area contributed by atoms with Gasteiger partial charge in [0.1, 0.15) is 11.5 Å². The lowest BCUT2D eigenvalue weighted by Crippen LogP contribution is -2.11. The van der Waals surface area contributed by atoms with Gasteiger partial charge in [0.15, 0.2) is 0 Å². The molecule has 106 valence electrons. The zero-order valence-corrected chi connectivity index (χ0v) is 13.8. The number of halogens is 1. The van der Waals surface area contributed by atoms with Gasteiger partial charge in [-0.15, -0.1) is 0 Å². The predicted octanol–water partition coefficient (Wildman–Crippen LogP) is 3.64. The SMILES string of the molecule is CN(C)Cc1ccccc1Oc1ccc([125I])cc1CO. The fourth-order valence-electron chi connectivity index (χ4n) is 1.96. The fourth-order valence-corrected chi connectivity index (χ4v) is 2.52. The molecule has 4 heteroatoms. The standard InChI is InChI=1S/C16H18INO2/c1-18(2)10-12-5-3-4-6-15(12)20-16-8-7-14(17)9-13(16)11-19/h3-9,19H,10-11H2,1-2H3/i17-2. The summed E-state index contributed by atoms with van der Waals surface area (Å²) >= 11 is 2.23. The van der Waals surface area contributed by atoms with Gasteiger partial charge >= 0.3 is 0 Å². The van der Waals surface area contributed by atoms with Gasteiger partial charge in [-0.2, -0.15) is 0 Å². The number of nitrogens with zero attached hydrogens (tertiary/aromatic N) is 1. The average Bonchev–Trinajstić information content (AvgIpc) is 2.42. The van der Waals surface area contributed by atoms with Gasteiger partial charge in [0.25, 0.3) is 0 Å². The highest BCUT2D eigenvalue weighted by molar-refractivity contribution is 14.1. The van der Waals surface area contributed by atoms with Gasteiger partial charge in [0.05, 0.1) is 6.61 Å². The summed E-state index contributed by atoms with van der Waals surface area (Å²) in [5.74, 6) is 1.54. The first-order valence-corrected chi connectivity index (χ1v) is 7.48. The molecule has 0 radical (unpaired) electrons. The van der Waals surface area contributed by atoms with Crippen molar-refractivity contribution in [3.05, 3.63) is 57.2 Å². The molecular formula is C16H18INO2.